The minimum atomic E-state index is 0.0970. The molecule has 20 heavy (non-hydrogen) atoms. The number of benzene rings is 2. The highest BCUT2D eigenvalue weighted by molar-refractivity contribution is 5.94. The highest BCUT2D eigenvalue weighted by atomic mass is 16.1. The van der Waals surface area contributed by atoms with Gasteiger partial charge in [0.15, 0.2) is 5.78 Å². The topological polar surface area (TPSA) is 20.3 Å². The second-order valence-corrected chi connectivity index (χ2v) is 5.00. The van der Waals surface area contributed by atoms with Crippen molar-refractivity contribution in [3.8, 4) is 0 Å². The summed E-state index contributed by atoms with van der Waals surface area (Å²) in [5, 5.41) is 0. The summed E-state index contributed by atoms with van der Waals surface area (Å²) < 4.78 is 0. The van der Waals surface area contributed by atoms with Gasteiger partial charge in [0.25, 0.3) is 0 Å². The maximum absolute atomic E-state index is 11.2. The van der Waals surface area contributed by atoms with Gasteiger partial charge in [0.05, 0.1) is 0 Å². The van der Waals surface area contributed by atoms with Crippen LogP contribution in [0.25, 0.3) is 12.2 Å². The molecule has 0 aliphatic rings. The standard InChI is InChI=1S/C18H19NO/c1-14(20)17-10-6-15(7-11-17)4-5-16-8-12-18(13-9-16)19(2)3/h4-13H,1-3H3. The van der Waals surface area contributed by atoms with Crippen LogP contribution in [0.5, 0.6) is 0 Å². The van der Waals surface area contributed by atoms with Gasteiger partial charge in [-0.25, -0.2) is 0 Å². The molecule has 0 spiro atoms. The fraction of sp³-hybridized carbons (Fsp3) is 0.167. The second-order valence-electron chi connectivity index (χ2n) is 5.00. The van der Waals surface area contributed by atoms with Gasteiger partial charge in [0.2, 0.25) is 0 Å². The maximum atomic E-state index is 11.2. The van der Waals surface area contributed by atoms with Gasteiger partial charge in [0.1, 0.15) is 0 Å². The fourth-order valence-corrected chi connectivity index (χ4v) is 1.90. The molecule has 0 unspecified atom stereocenters. The van der Waals surface area contributed by atoms with E-state index >= 15 is 0 Å². The first-order valence-electron chi connectivity index (χ1n) is 6.63. The number of carbonyl (C=O) groups excluding carboxylic acids is 1. The molecule has 0 aliphatic heterocycles. The van der Waals surface area contributed by atoms with Crippen LogP contribution in [-0.2, 0) is 0 Å². The van der Waals surface area contributed by atoms with Crippen molar-refractivity contribution in [3.63, 3.8) is 0 Å². The lowest BCUT2D eigenvalue weighted by Gasteiger charge is -2.11. The molecule has 0 saturated heterocycles. The maximum Gasteiger partial charge on any atom is 0.159 e. The second kappa shape index (κ2) is 6.20. The van der Waals surface area contributed by atoms with E-state index in [2.05, 4.69) is 41.3 Å². The van der Waals surface area contributed by atoms with Crippen LogP contribution in [-0.4, -0.2) is 19.9 Å². The molecule has 0 fully saturated rings. The Bertz CT molecular complexity index is 607. The van der Waals surface area contributed by atoms with Crippen molar-refractivity contribution in [1.29, 1.82) is 0 Å². The van der Waals surface area contributed by atoms with Gasteiger partial charge >= 0.3 is 0 Å². The third-order valence-corrected chi connectivity index (χ3v) is 3.19. The van der Waals surface area contributed by atoms with Gasteiger partial charge in [0, 0.05) is 25.3 Å². The number of carbonyl (C=O) groups is 1. The summed E-state index contributed by atoms with van der Waals surface area (Å²) in [5.41, 5.74) is 4.18. The molecule has 0 radical (unpaired) electrons. The molecule has 0 N–H and O–H groups in total. The minimum Gasteiger partial charge on any atom is -0.378 e. The van der Waals surface area contributed by atoms with Crippen molar-refractivity contribution in [2.24, 2.45) is 0 Å². The Morgan fingerprint density at radius 3 is 1.70 bits per heavy atom. The van der Waals surface area contributed by atoms with Crippen LogP contribution in [0.1, 0.15) is 28.4 Å². The Labute approximate surface area is 120 Å². The normalized spacial score (nSPS) is 10.8. The first-order chi connectivity index (χ1) is 9.56. The van der Waals surface area contributed by atoms with Crippen molar-refractivity contribution in [2.45, 2.75) is 6.92 Å². The van der Waals surface area contributed by atoms with Crippen molar-refractivity contribution in [3.05, 3.63) is 65.2 Å². The number of ketones is 1. The first-order valence-corrected chi connectivity index (χ1v) is 6.63. The highest BCUT2D eigenvalue weighted by Gasteiger charge is 1.97. The van der Waals surface area contributed by atoms with E-state index in [0.29, 0.717) is 0 Å². The lowest BCUT2D eigenvalue weighted by molar-refractivity contribution is 0.101. The zero-order valence-electron chi connectivity index (χ0n) is 12.1. The molecule has 0 heterocycles. The van der Waals surface area contributed by atoms with Crippen molar-refractivity contribution < 1.29 is 4.79 Å². The third-order valence-electron chi connectivity index (χ3n) is 3.19. The summed E-state index contributed by atoms with van der Waals surface area (Å²) in [5.74, 6) is 0.0970. The van der Waals surface area contributed by atoms with Crippen LogP contribution in [0.15, 0.2) is 48.5 Å². The molecule has 2 nitrogen and oxygen atoms in total. The first kappa shape index (κ1) is 14.1. The van der Waals surface area contributed by atoms with E-state index < -0.39 is 0 Å². The summed E-state index contributed by atoms with van der Waals surface area (Å²) >= 11 is 0. The van der Waals surface area contributed by atoms with E-state index in [1.54, 1.807) is 6.92 Å². The number of hydrogen-bond acceptors (Lipinski definition) is 2. The molecular formula is C18H19NO. The number of hydrogen-bond donors (Lipinski definition) is 0. The van der Waals surface area contributed by atoms with Gasteiger partial charge in [-0.15, -0.1) is 0 Å². The van der Waals surface area contributed by atoms with Crippen LogP contribution in [0.2, 0.25) is 0 Å². The Hall–Kier alpha value is -2.35. The number of rotatable bonds is 4. The van der Waals surface area contributed by atoms with Crippen LogP contribution in [0.3, 0.4) is 0 Å². The average Bonchev–Trinajstić information content (AvgIpc) is 2.46. The zero-order valence-corrected chi connectivity index (χ0v) is 12.1. The summed E-state index contributed by atoms with van der Waals surface area (Å²) in [6.07, 6.45) is 4.12. The molecule has 0 aliphatic carbocycles. The molecule has 2 aromatic rings. The summed E-state index contributed by atoms with van der Waals surface area (Å²) in [6.45, 7) is 1.58. The minimum absolute atomic E-state index is 0.0970. The Balaban J connectivity index is 2.10. The molecule has 0 atom stereocenters. The van der Waals surface area contributed by atoms with Crippen molar-refractivity contribution >= 4 is 23.6 Å². The molecule has 2 heteroatoms. The average molecular weight is 265 g/mol. The van der Waals surface area contributed by atoms with Crippen LogP contribution >= 0.6 is 0 Å². The van der Waals surface area contributed by atoms with Crippen molar-refractivity contribution in [1.82, 2.24) is 0 Å². The Morgan fingerprint density at radius 2 is 1.30 bits per heavy atom. The summed E-state index contributed by atoms with van der Waals surface area (Å²) in [7, 11) is 4.06. The van der Waals surface area contributed by atoms with Gasteiger partial charge in [-0.3, -0.25) is 4.79 Å². The Morgan fingerprint density at radius 1 is 0.850 bits per heavy atom. The lowest BCUT2D eigenvalue weighted by Crippen LogP contribution is -2.07. The van der Waals surface area contributed by atoms with Gasteiger partial charge < -0.3 is 4.90 Å². The molecule has 0 bridgehead atoms. The van der Waals surface area contributed by atoms with E-state index in [1.807, 2.05) is 38.4 Å². The molecule has 102 valence electrons. The number of nitrogens with zero attached hydrogens (tertiary/aromatic N) is 1. The lowest BCUT2D eigenvalue weighted by atomic mass is 10.1. The molecule has 2 rings (SSSR count). The van der Waals surface area contributed by atoms with Crippen LogP contribution < -0.4 is 4.90 Å². The highest BCUT2D eigenvalue weighted by Crippen LogP contribution is 2.15. The predicted molar refractivity (Wildman–Crippen MR) is 86.1 cm³/mol. The SMILES string of the molecule is CC(=O)c1ccc(C=Cc2ccc(N(C)C)cc2)cc1. The largest absolute Gasteiger partial charge is 0.378 e. The van der Waals surface area contributed by atoms with Crippen molar-refractivity contribution in [2.75, 3.05) is 19.0 Å². The molecular weight excluding hydrogens is 246 g/mol. The summed E-state index contributed by atoms with van der Waals surface area (Å²) in [6, 6.07) is 16.0. The van der Waals surface area contributed by atoms with Gasteiger partial charge in [-0.1, -0.05) is 48.6 Å². The number of Topliss-reactive ketones (excluding diaryl/α,β-unsaturated/α-hetero) is 1. The van der Waals surface area contributed by atoms with E-state index in [0.717, 1.165) is 16.7 Å². The molecule has 0 amide bonds. The third kappa shape index (κ3) is 3.58. The summed E-state index contributed by atoms with van der Waals surface area (Å²) in [4.78, 5) is 13.3. The monoisotopic (exact) mass is 265 g/mol. The van der Waals surface area contributed by atoms with Gasteiger partial charge in [-0.05, 0) is 30.2 Å². The number of anilines is 1. The fourth-order valence-electron chi connectivity index (χ4n) is 1.90. The zero-order chi connectivity index (χ0) is 14.5. The van der Waals surface area contributed by atoms with Crippen LogP contribution in [0, 0.1) is 0 Å². The van der Waals surface area contributed by atoms with Crippen LogP contribution in [0.4, 0.5) is 5.69 Å². The van der Waals surface area contributed by atoms with E-state index in [4.69, 9.17) is 0 Å². The molecule has 0 saturated carbocycles. The predicted octanol–water partition coefficient (Wildman–Crippen LogP) is 4.13. The van der Waals surface area contributed by atoms with E-state index in [-0.39, 0.29) is 5.78 Å². The van der Waals surface area contributed by atoms with E-state index in [9.17, 15) is 4.79 Å². The smallest absolute Gasteiger partial charge is 0.159 e. The van der Waals surface area contributed by atoms with E-state index in [1.165, 1.54) is 5.69 Å². The Kier molecular flexibility index (Phi) is 4.36. The van der Waals surface area contributed by atoms with Gasteiger partial charge in [-0.2, -0.15) is 0 Å². The molecule has 0 aromatic heterocycles. The quantitative estimate of drug-likeness (QED) is 0.612. The molecule has 2 aromatic carbocycles.